The van der Waals surface area contributed by atoms with Crippen molar-refractivity contribution in [3.63, 3.8) is 0 Å². The van der Waals surface area contributed by atoms with E-state index in [0.717, 1.165) is 5.56 Å². The van der Waals surface area contributed by atoms with Crippen molar-refractivity contribution in [2.75, 3.05) is 6.54 Å². The van der Waals surface area contributed by atoms with Gasteiger partial charge in [-0.05, 0) is 32.9 Å². The molecule has 0 saturated heterocycles. The third-order valence-electron chi connectivity index (χ3n) is 3.48. The first-order chi connectivity index (χ1) is 10.9. The van der Waals surface area contributed by atoms with E-state index in [-0.39, 0.29) is 24.9 Å². The number of hydrogen-bond donors (Lipinski definition) is 1. The number of nitrogens with zero attached hydrogens (tertiary/aromatic N) is 2. The van der Waals surface area contributed by atoms with Crippen molar-refractivity contribution in [2.24, 2.45) is 0 Å². The Bertz CT molecular complexity index is 692. The molecule has 0 radical (unpaired) electrons. The minimum Gasteiger partial charge on any atom is -0.480 e. The van der Waals surface area contributed by atoms with E-state index in [9.17, 15) is 9.59 Å². The summed E-state index contributed by atoms with van der Waals surface area (Å²) in [4.78, 5) is 29.0. The lowest BCUT2D eigenvalue weighted by molar-refractivity contribution is -0.145. The number of rotatable bonds is 6. The second-order valence-electron chi connectivity index (χ2n) is 5.57. The molecule has 6 heteroatoms. The summed E-state index contributed by atoms with van der Waals surface area (Å²) in [5.41, 5.74) is 1.37. The lowest BCUT2D eigenvalue weighted by atomic mass is 10.2. The molecule has 0 unspecified atom stereocenters. The van der Waals surface area contributed by atoms with Crippen molar-refractivity contribution in [1.29, 1.82) is 0 Å². The monoisotopic (exact) mass is 316 g/mol. The summed E-state index contributed by atoms with van der Waals surface area (Å²) in [5, 5.41) is 8.93. The first-order valence-corrected chi connectivity index (χ1v) is 7.41. The summed E-state index contributed by atoms with van der Waals surface area (Å²) in [7, 11) is 0. The molecule has 1 aromatic carbocycles. The largest absolute Gasteiger partial charge is 0.480 e. The summed E-state index contributed by atoms with van der Waals surface area (Å²) in [6.07, 6.45) is 0.0215. The fourth-order valence-electron chi connectivity index (χ4n) is 2.25. The Hall–Kier alpha value is -2.63. The van der Waals surface area contributed by atoms with E-state index >= 15 is 0 Å². The number of benzene rings is 1. The zero-order valence-corrected chi connectivity index (χ0v) is 13.4. The quantitative estimate of drug-likeness (QED) is 0.885. The summed E-state index contributed by atoms with van der Waals surface area (Å²) >= 11 is 0. The molecule has 23 heavy (non-hydrogen) atoms. The maximum atomic E-state index is 12.4. The minimum absolute atomic E-state index is 0.0215. The molecule has 1 N–H and O–H groups in total. The van der Waals surface area contributed by atoms with Gasteiger partial charge in [-0.25, -0.2) is 4.98 Å². The highest BCUT2D eigenvalue weighted by Gasteiger charge is 2.22. The van der Waals surface area contributed by atoms with Crippen LogP contribution in [0.15, 0.2) is 34.7 Å². The van der Waals surface area contributed by atoms with Crippen LogP contribution in [0, 0.1) is 6.92 Å². The van der Waals surface area contributed by atoms with E-state index in [1.165, 1.54) is 4.90 Å². The number of carboxylic acids is 1. The Morgan fingerprint density at radius 1 is 1.26 bits per heavy atom. The highest BCUT2D eigenvalue weighted by atomic mass is 16.4. The standard InChI is InChI=1S/C17H20N2O4/c1-11(2)19(10-16(21)22)15(20)9-14-12(3)23-17(18-14)13-7-5-4-6-8-13/h4-8,11H,9-10H2,1-3H3,(H,21,22). The lowest BCUT2D eigenvalue weighted by Gasteiger charge is -2.24. The van der Waals surface area contributed by atoms with Gasteiger partial charge in [0.15, 0.2) is 0 Å². The van der Waals surface area contributed by atoms with Gasteiger partial charge >= 0.3 is 5.97 Å². The molecule has 0 aliphatic heterocycles. The molecule has 0 aliphatic rings. The van der Waals surface area contributed by atoms with Gasteiger partial charge in [0.2, 0.25) is 11.8 Å². The third kappa shape index (κ3) is 4.18. The van der Waals surface area contributed by atoms with Gasteiger partial charge in [-0.1, -0.05) is 18.2 Å². The fourth-order valence-corrected chi connectivity index (χ4v) is 2.25. The SMILES string of the molecule is Cc1oc(-c2ccccc2)nc1CC(=O)N(CC(=O)O)C(C)C. The molecule has 0 atom stereocenters. The van der Waals surface area contributed by atoms with Crippen LogP contribution in [-0.2, 0) is 16.0 Å². The van der Waals surface area contributed by atoms with Crippen molar-refractivity contribution in [2.45, 2.75) is 33.2 Å². The Balaban J connectivity index is 2.18. The van der Waals surface area contributed by atoms with Gasteiger partial charge in [-0.2, -0.15) is 0 Å². The summed E-state index contributed by atoms with van der Waals surface area (Å²) in [6, 6.07) is 9.22. The molecule has 1 heterocycles. The lowest BCUT2D eigenvalue weighted by Crippen LogP contribution is -2.41. The van der Waals surface area contributed by atoms with Crippen LogP contribution in [0.5, 0.6) is 0 Å². The summed E-state index contributed by atoms with van der Waals surface area (Å²) < 4.78 is 5.62. The molecule has 1 amide bonds. The van der Waals surface area contributed by atoms with Crippen molar-refractivity contribution in [1.82, 2.24) is 9.88 Å². The van der Waals surface area contributed by atoms with Gasteiger partial charge in [-0.15, -0.1) is 0 Å². The van der Waals surface area contributed by atoms with Gasteiger partial charge in [0, 0.05) is 11.6 Å². The highest BCUT2D eigenvalue weighted by Crippen LogP contribution is 2.22. The number of aliphatic carboxylic acids is 1. The zero-order valence-electron chi connectivity index (χ0n) is 13.4. The Morgan fingerprint density at radius 3 is 2.48 bits per heavy atom. The molecule has 2 aromatic rings. The molecule has 0 spiro atoms. The fraction of sp³-hybridized carbons (Fsp3) is 0.353. The number of hydrogen-bond acceptors (Lipinski definition) is 4. The zero-order chi connectivity index (χ0) is 17.0. The third-order valence-corrected chi connectivity index (χ3v) is 3.48. The van der Waals surface area contributed by atoms with Crippen LogP contribution in [-0.4, -0.2) is 39.5 Å². The van der Waals surface area contributed by atoms with Crippen molar-refractivity contribution >= 4 is 11.9 Å². The van der Waals surface area contributed by atoms with Crippen LogP contribution < -0.4 is 0 Å². The predicted octanol–water partition coefficient (Wildman–Crippen LogP) is 2.51. The molecular formula is C17H20N2O4. The van der Waals surface area contributed by atoms with Crippen LogP contribution in [0.25, 0.3) is 11.5 Å². The molecule has 0 saturated carbocycles. The van der Waals surface area contributed by atoms with E-state index in [4.69, 9.17) is 9.52 Å². The number of carboxylic acid groups (broad SMARTS) is 1. The number of carbonyl (C=O) groups is 2. The van der Waals surface area contributed by atoms with Crippen LogP contribution >= 0.6 is 0 Å². The molecule has 0 aliphatic carbocycles. The average Bonchev–Trinajstić information content (AvgIpc) is 2.86. The van der Waals surface area contributed by atoms with Gasteiger partial charge in [0.05, 0.1) is 12.1 Å². The average molecular weight is 316 g/mol. The van der Waals surface area contributed by atoms with Crippen molar-refractivity contribution in [3.8, 4) is 11.5 Å². The number of amides is 1. The van der Waals surface area contributed by atoms with Crippen molar-refractivity contribution in [3.05, 3.63) is 41.8 Å². The van der Waals surface area contributed by atoms with E-state index in [2.05, 4.69) is 4.98 Å². The normalized spacial score (nSPS) is 10.8. The Labute approximate surface area is 134 Å². The molecule has 122 valence electrons. The minimum atomic E-state index is -1.03. The number of aromatic nitrogens is 1. The van der Waals surface area contributed by atoms with Gasteiger partial charge in [-0.3, -0.25) is 9.59 Å². The highest BCUT2D eigenvalue weighted by molar-refractivity contribution is 5.83. The molecule has 2 rings (SSSR count). The first-order valence-electron chi connectivity index (χ1n) is 7.41. The maximum absolute atomic E-state index is 12.4. The number of oxazole rings is 1. The van der Waals surface area contributed by atoms with Crippen LogP contribution in [0.3, 0.4) is 0 Å². The first kappa shape index (κ1) is 16.7. The molecule has 0 fully saturated rings. The van der Waals surface area contributed by atoms with Crippen molar-refractivity contribution < 1.29 is 19.1 Å². The van der Waals surface area contributed by atoms with E-state index in [1.54, 1.807) is 20.8 Å². The summed E-state index contributed by atoms with van der Waals surface area (Å²) in [5.74, 6) is -0.288. The van der Waals surface area contributed by atoms with E-state index in [1.807, 2.05) is 30.3 Å². The van der Waals surface area contributed by atoms with Gasteiger partial charge < -0.3 is 14.4 Å². The molecule has 0 bridgehead atoms. The Kier molecular flexibility index (Phi) is 5.16. The predicted molar refractivity (Wildman–Crippen MR) is 84.9 cm³/mol. The Morgan fingerprint density at radius 2 is 1.91 bits per heavy atom. The maximum Gasteiger partial charge on any atom is 0.323 e. The second kappa shape index (κ2) is 7.09. The van der Waals surface area contributed by atoms with E-state index < -0.39 is 5.97 Å². The smallest absolute Gasteiger partial charge is 0.323 e. The number of carbonyl (C=O) groups excluding carboxylic acids is 1. The van der Waals surface area contributed by atoms with Crippen LogP contribution in [0.2, 0.25) is 0 Å². The molecule has 6 nitrogen and oxygen atoms in total. The van der Waals surface area contributed by atoms with Crippen LogP contribution in [0.1, 0.15) is 25.3 Å². The van der Waals surface area contributed by atoms with Gasteiger partial charge in [0.1, 0.15) is 12.3 Å². The second-order valence-corrected chi connectivity index (χ2v) is 5.57. The topological polar surface area (TPSA) is 83.6 Å². The molecule has 1 aromatic heterocycles. The van der Waals surface area contributed by atoms with E-state index in [0.29, 0.717) is 17.3 Å². The van der Waals surface area contributed by atoms with Crippen LogP contribution in [0.4, 0.5) is 0 Å². The summed E-state index contributed by atoms with van der Waals surface area (Å²) in [6.45, 7) is 5.00. The van der Waals surface area contributed by atoms with Gasteiger partial charge in [0.25, 0.3) is 0 Å². The number of aryl methyl sites for hydroxylation is 1. The molecular weight excluding hydrogens is 296 g/mol.